The molecule has 1 aliphatic carbocycles. The summed E-state index contributed by atoms with van der Waals surface area (Å²) in [5.41, 5.74) is 11.4. The zero-order valence-corrected chi connectivity index (χ0v) is 13.0. The van der Waals surface area contributed by atoms with E-state index in [0.29, 0.717) is 0 Å². The van der Waals surface area contributed by atoms with Crippen molar-refractivity contribution in [3.05, 3.63) is 43.8 Å². The zero-order valence-electron chi connectivity index (χ0n) is 12.2. The minimum Gasteiger partial charge on any atom is -0.343 e. The van der Waals surface area contributed by atoms with Crippen molar-refractivity contribution >= 4 is 11.3 Å². The molecule has 20 heavy (non-hydrogen) atoms. The first-order chi connectivity index (χ1) is 9.35. The highest BCUT2D eigenvalue weighted by Gasteiger charge is 2.33. The van der Waals surface area contributed by atoms with E-state index in [9.17, 15) is 4.79 Å². The van der Waals surface area contributed by atoms with E-state index in [-0.39, 0.29) is 16.3 Å². The minimum atomic E-state index is 0.00991. The van der Waals surface area contributed by atoms with Crippen molar-refractivity contribution in [3.8, 4) is 0 Å². The monoisotopic (exact) mass is 291 g/mol. The molecule has 0 aliphatic heterocycles. The minimum absolute atomic E-state index is 0.00991. The lowest BCUT2D eigenvalue weighted by Crippen LogP contribution is -2.30. The number of nitrogens with zero attached hydrogens (tertiary/aromatic N) is 1. The van der Waals surface area contributed by atoms with Gasteiger partial charge in [-0.25, -0.2) is 0 Å². The summed E-state index contributed by atoms with van der Waals surface area (Å²) >= 11 is 1.22. The number of thiazole rings is 1. The Morgan fingerprint density at radius 1 is 1.55 bits per heavy atom. The normalized spacial score (nSPS) is 20.9. The number of H-pyrrole nitrogens is 1. The third kappa shape index (κ3) is 2.36. The number of hydrogen-bond acceptors (Lipinski definition) is 3. The molecule has 0 fully saturated rings. The molecule has 0 saturated carbocycles. The maximum absolute atomic E-state index is 11.3. The Hall–Kier alpha value is -1.33. The summed E-state index contributed by atoms with van der Waals surface area (Å²) in [5.74, 6) is 0. The molecule has 3 N–H and O–H groups in total. The van der Waals surface area contributed by atoms with Gasteiger partial charge in [0, 0.05) is 28.5 Å². The maximum atomic E-state index is 11.3. The van der Waals surface area contributed by atoms with Crippen LogP contribution in [0.25, 0.3) is 0 Å². The summed E-state index contributed by atoms with van der Waals surface area (Å²) in [4.78, 5) is 14.2. The molecular weight excluding hydrogens is 270 g/mol. The highest BCUT2D eigenvalue weighted by Crippen LogP contribution is 2.41. The molecule has 2 aromatic heterocycles. The van der Waals surface area contributed by atoms with Crippen LogP contribution in [0.2, 0.25) is 0 Å². The predicted molar refractivity (Wildman–Crippen MR) is 82.2 cm³/mol. The largest absolute Gasteiger partial charge is 0.343 e. The van der Waals surface area contributed by atoms with E-state index in [4.69, 9.17) is 5.73 Å². The number of aromatic nitrogens is 2. The number of fused-ring (bicyclic) bond motifs is 1. The molecule has 0 bridgehead atoms. The summed E-state index contributed by atoms with van der Waals surface area (Å²) < 4.78 is 2.30. The average molecular weight is 291 g/mol. The van der Waals surface area contributed by atoms with Gasteiger partial charge in [-0.1, -0.05) is 25.2 Å². The predicted octanol–water partition coefficient (Wildman–Crippen LogP) is 2.57. The SMILES string of the molecule is Cc1cc2c(n1Cc1csc(=O)[nH]1)CC(C)(C)CC2N. The summed E-state index contributed by atoms with van der Waals surface area (Å²) in [6.45, 7) is 7.38. The van der Waals surface area contributed by atoms with Crippen molar-refractivity contribution in [1.82, 2.24) is 9.55 Å². The highest BCUT2D eigenvalue weighted by atomic mass is 32.1. The third-order valence-corrected chi connectivity index (χ3v) is 4.88. The Morgan fingerprint density at radius 3 is 2.95 bits per heavy atom. The Labute approximate surface area is 122 Å². The quantitative estimate of drug-likeness (QED) is 0.893. The summed E-state index contributed by atoms with van der Waals surface area (Å²) in [6, 6.07) is 2.33. The van der Waals surface area contributed by atoms with E-state index in [1.807, 2.05) is 5.38 Å². The second-order valence-electron chi connectivity index (χ2n) is 6.60. The molecule has 4 nitrogen and oxygen atoms in total. The van der Waals surface area contributed by atoms with Crippen LogP contribution in [0, 0.1) is 12.3 Å². The lowest BCUT2D eigenvalue weighted by molar-refractivity contribution is 0.275. The van der Waals surface area contributed by atoms with Gasteiger partial charge in [0.05, 0.1) is 6.54 Å². The molecule has 1 aliphatic rings. The van der Waals surface area contributed by atoms with Gasteiger partial charge in [0.2, 0.25) is 0 Å². The van der Waals surface area contributed by atoms with Crippen LogP contribution in [0.3, 0.4) is 0 Å². The second-order valence-corrected chi connectivity index (χ2v) is 7.44. The molecule has 0 saturated heterocycles. The fourth-order valence-electron chi connectivity index (χ4n) is 3.29. The molecule has 1 atom stereocenters. The van der Waals surface area contributed by atoms with Crippen LogP contribution in [0.15, 0.2) is 16.2 Å². The van der Waals surface area contributed by atoms with Crippen LogP contribution < -0.4 is 10.6 Å². The van der Waals surface area contributed by atoms with E-state index in [0.717, 1.165) is 25.1 Å². The number of rotatable bonds is 2. The first-order valence-electron chi connectivity index (χ1n) is 6.97. The zero-order chi connectivity index (χ0) is 14.5. The highest BCUT2D eigenvalue weighted by molar-refractivity contribution is 7.07. The first-order valence-corrected chi connectivity index (χ1v) is 7.85. The van der Waals surface area contributed by atoms with Gasteiger partial charge < -0.3 is 15.3 Å². The lowest BCUT2D eigenvalue weighted by atomic mass is 9.74. The number of nitrogens with two attached hydrogens (primary N) is 1. The fourth-order valence-corrected chi connectivity index (χ4v) is 3.86. The Bertz CT molecular complexity index is 692. The van der Waals surface area contributed by atoms with Gasteiger partial charge in [-0.15, -0.1) is 0 Å². The number of aromatic amines is 1. The van der Waals surface area contributed by atoms with Gasteiger partial charge in [-0.05, 0) is 36.8 Å². The summed E-state index contributed by atoms with van der Waals surface area (Å²) in [7, 11) is 0. The Kier molecular flexibility index (Phi) is 3.14. The molecule has 0 aromatic carbocycles. The number of hydrogen-bond donors (Lipinski definition) is 2. The van der Waals surface area contributed by atoms with Crippen molar-refractivity contribution in [3.63, 3.8) is 0 Å². The van der Waals surface area contributed by atoms with Crippen LogP contribution >= 0.6 is 11.3 Å². The lowest BCUT2D eigenvalue weighted by Gasteiger charge is -2.34. The van der Waals surface area contributed by atoms with Crippen molar-refractivity contribution in [2.45, 2.75) is 46.2 Å². The molecule has 2 aromatic rings. The van der Waals surface area contributed by atoms with Gasteiger partial charge in [0.15, 0.2) is 0 Å². The van der Waals surface area contributed by atoms with Gasteiger partial charge >= 0.3 is 4.87 Å². The standard InChI is InChI=1S/C15H21N3OS/c1-9-4-11-12(16)5-15(2,3)6-13(11)18(9)7-10-8-20-14(19)17-10/h4,8,12H,5-7,16H2,1-3H3,(H,17,19). The van der Waals surface area contributed by atoms with E-state index < -0.39 is 0 Å². The van der Waals surface area contributed by atoms with Crippen LogP contribution in [0.5, 0.6) is 0 Å². The van der Waals surface area contributed by atoms with E-state index in [2.05, 4.69) is 36.4 Å². The van der Waals surface area contributed by atoms with Crippen LogP contribution in [-0.4, -0.2) is 9.55 Å². The van der Waals surface area contributed by atoms with Crippen molar-refractivity contribution in [1.29, 1.82) is 0 Å². The first kappa shape index (κ1) is 13.6. The molecule has 5 heteroatoms. The maximum Gasteiger partial charge on any atom is 0.304 e. The summed E-state index contributed by atoms with van der Waals surface area (Å²) in [5, 5.41) is 1.90. The molecule has 0 spiro atoms. The van der Waals surface area contributed by atoms with Gasteiger partial charge in [0.1, 0.15) is 0 Å². The van der Waals surface area contributed by atoms with Gasteiger partial charge in [0.25, 0.3) is 0 Å². The van der Waals surface area contributed by atoms with Crippen LogP contribution in [-0.2, 0) is 13.0 Å². The molecule has 0 radical (unpaired) electrons. The smallest absolute Gasteiger partial charge is 0.304 e. The summed E-state index contributed by atoms with van der Waals surface area (Å²) in [6.07, 6.45) is 2.07. The third-order valence-electron chi connectivity index (χ3n) is 4.17. The Balaban J connectivity index is 2.02. The fraction of sp³-hybridized carbons (Fsp3) is 0.533. The molecule has 0 amide bonds. The molecule has 1 unspecified atom stereocenters. The van der Waals surface area contributed by atoms with Crippen LogP contribution in [0.4, 0.5) is 0 Å². The second kappa shape index (κ2) is 4.60. The Morgan fingerprint density at radius 2 is 2.30 bits per heavy atom. The van der Waals surface area contributed by atoms with E-state index in [1.54, 1.807) is 0 Å². The molecule has 108 valence electrons. The van der Waals surface area contributed by atoms with Crippen LogP contribution in [0.1, 0.15) is 49.0 Å². The van der Waals surface area contributed by atoms with Gasteiger partial charge in [-0.2, -0.15) is 0 Å². The topological polar surface area (TPSA) is 63.8 Å². The molecular formula is C15H21N3OS. The van der Waals surface area contributed by atoms with Crippen molar-refractivity contribution < 1.29 is 0 Å². The molecule has 3 rings (SSSR count). The van der Waals surface area contributed by atoms with Gasteiger partial charge in [-0.3, -0.25) is 4.79 Å². The van der Waals surface area contributed by atoms with Crippen molar-refractivity contribution in [2.24, 2.45) is 11.1 Å². The molecule has 2 heterocycles. The van der Waals surface area contributed by atoms with E-state index >= 15 is 0 Å². The average Bonchev–Trinajstić information content (AvgIpc) is 2.86. The number of aryl methyl sites for hydroxylation is 1. The number of nitrogens with one attached hydrogen (secondary N) is 1. The van der Waals surface area contributed by atoms with E-state index in [1.165, 1.54) is 28.3 Å². The van der Waals surface area contributed by atoms with Crippen molar-refractivity contribution in [2.75, 3.05) is 0 Å².